The fourth-order valence-corrected chi connectivity index (χ4v) is 3.06. The molecule has 0 bridgehead atoms. The van der Waals surface area contributed by atoms with Crippen LogP contribution in [0.15, 0.2) is 24.3 Å². The number of benzene rings is 1. The first-order valence-corrected chi connectivity index (χ1v) is 8.46. The molecular formula is C18H26FN3O2. The number of carbonyl (C=O) groups is 2. The van der Waals surface area contributed by atoms with Gasteiger partial charge in [-0.05, 0) is 31.0 Å². The molecule has 2 rings (SSSR count). The molecule has 1 saturated heterocycles. The molecule has 5 nitrogen and oxygen atoms in total. The number of rotatable bonds is 6. The Balaban J connectivity index is 1.78. The minimum atomic E-state index is -0.223. The van der Waals surface area contributed by atoms with Crippen LogP contribution in [-0.4, -0.2) is 54.3 Å². The number of piperazine rings is 1. The fourth-order valence-electron chi connectivity index (χ4n) is 3.06. The molecule has 2 amide bonds. The summed E-state index contributed by atoms with van der Waals surface area (Å²) in [6.45, 7) is 5.12. The first-order valence-electron chi connectivity index (χ1n) is 8.46. The van der Waals surface area contributed by atoms with Gasteiger partial charge in [0.2, 0.25) is 11.8 Å². The predicted octanol–water partition coefficient (Wildman–Crippen LogP) is 1.77. The van der Waals surface area contributed by atoms with Crippen molar-refractivity contribution in [1.82, 2.24) is 15.1 Å². The molecule has 1 N–H and O–H groups in total. The second kappa shape index (κ2) is 8.78. The highest BCUT2D eigenvalue weighted by atomic mass is 19.1. The van der Waals surface area contributed by atoms with E-state index in [1.165, 1.54) is 12.1 Å². The predicted molar refractivity (Wildman–Crippen MR) is 90.8 cm³/mol. The Hall–Kier alpha value is -1.95. The zero-order valence-electron chi connectivity index (χ0n) is 14.4. The molecule has 6 heteroatoms. The van der Waals surface area contributed by atoms with E-state index in [9.17, 15) is 14.0 Å². The van der Waals surface area contributed by atoms with Gasteiger partial charge in [0, 0.05) is 52.1 Å². The topological polar surface area (TPSA) is 52.7 Å². The van der Waals surface area contributed by atoms with E-state index in [-0.39, 0.29) is 23.7 Å². The number of amides is 2. The SMILES string of the molecule is CNC(=O)CCCC(=O)N1CCN(Cc2ccc(F)cc2)CC1C. The Morgan fingerprint density at radius 2 is 1.92 bits per heavy atom. The molecule has 1 unspecified atom stereocenters. The number of nitrogens with one attached hydrogen (secondary N) is 1. The van der Waals surface area contributed by atoms with E-state index in [2.05, 4.69) is 10.2 Å². The average Bonchev–Trinajstić information content (AvgIpc) is 2.56. The largest absolute Gasteiger partial charge is 0.359 e. The average molecular weight is 335 g/mol. The van der Waals surface area contributed by atoms with Gasteiger partial charge < -0.3 is 10.2 Å². The van der Waals surface area contributed by atoms with Crippen LogP contribution in [0.25, 0.3) is 0 Å². The molecule has 1 atom stereocenters. The lowest BCUT2D eigenvalue weighted by atomic mass is 10.1. The summed E-state index contributed by atoms with van der Waals surface area (Å²) < 4.78 is 13.0. The standard InChI is InChI=1S/C18H26FN3O2/c1-14-12-21(13-15-6-8-16(19)9-7-15)10-11-22(14)18(24)5-3-4-17(23)20-2/h6-9,14H,3-5,10-13H2,1-2H3,(H,20,23). The van der Waals surface area contributed by atoms with Gasteiger partial charge in [-0.15, -0.1) is 0 Å². The highest BCUT2D eigenvalue weighted by Crippen LogP contribution is 2.15. The normalized spacial score (nSPS) is 18.5. The lowest BCUT2D eigenvalue weighted by molar-refractivity contribution is -0.136. The van der Waals surface area contributed by atoms with Crippen molar-refractivity contribution in [3.05, 3.63) is 35.6 Å². The van der Waals surface area contributed by atoms with Gasteiger partial charge in [0.1, 0.15) is 5.82 Å². The van der Waals surface area contributed by atoms with Crippen LogP contribution in [0.4, 0.5) is 4.39 Å². The van der Waals surface area contributed by atoms with E-state index in [1.807, 2.05) is 11.8 Å². The van der Waals surface area contributed by atoms with Gasteiger partial charge in [-0.1, -0.05) is 12.1 Å². The number of hydrogen-bond acceptors (Lipinski definition) is 3. The minimum Gasteiger partial charge on any atom is -0.359 e. The summed E-state index contributed by atoms with van der Waals surface area (Å²) in [6, 6.07) is 6.70. The number of carbonyl (C=O) groups excluding carboxylic acids is 2. The zero-order valence-corrected chi connectivity index (χ0v) is 14.4. The molecule has 1 aliphatic heterocycles. The second-order valence-corrected chi connectivity index (χ2v) is 6.32. The van der Waals surface area contributed by atoms with E-state index in [1.54, 1.807) is 19.2 Å². The Labute approximate surface area is 142 Å². The number of hydrogen-bond donors (Lipinski definition) is 1. The second-order valence-electron chi connectivity index (χ2n) is 6.32. The van der Waals surface area contributed by atoms with Crippen LogP contribution in [0.1, 0.15) is 31.7 Å². The number of halogens is 1. The van der Waals surface area contributed by atoms with E-state index >= 15 is 0 Å². The van der Waals surface area contributed by atoms with Gasteiger partial charge >= 0.3 is 0 Å². The molecule has 0 aliphatic carbocycles. The van der Waals surface area contributed by atoms with Gasteiger partial charge in [-0.2, -0.15) is 0 Å². The third-order valence-electron chi connectivity index (χ3n) is 4.42. The van der Waals surface area contributed by atoms with Crippen LogP contribution in [0.3, 0.4) is 0 Å². The molecule has 0 saturated carbocycles. The van der Waals surface area contributed by atoms with E-state index in [4.69, 9.17) is 0 Å². The third-order valence-corrected chi connectivity index (χ3v) is 4.42. The van der Waals surface area contributed by atoms with E-state index in [0.29, 0.717) is 25.8 Å². The van der Waals surface area contributed by atoms with Crippen molar-refractivity contribution >= 4 is 11.8 Å². The van der Waals surface area contributed by atoms with E-state index < -0.39 is 0 Å². The summed E-state index contributed by atoms with van der Waals surface area (Å²) in [5, 5.41) is 2.57. The maximum absolute atomic E-state index is 13.0. The highest BCUT2D eigenvalue weighted by molar-refractivity contribution is 5.79. The maximum atomic E-state index is 13.0. The van der Waals surface area contributed by atoms with Crippen LogP contribution in [0.5, 0.6) is 0 Å². The lowest BCUT2D eigenvalue weighted by Gasteiger charge is -2.40. The van der Waals surface area contributed by atoms with Gasteiger partial charge in [-0.25, -0.2) is 4.39 Å². The van der Waals surface area contributed by atoms with Crippen molar-refractivity contribution in [1.29, 1.82) is 0 Å². The van der Waals surface area contributed by atoms with Crippen molar-refractivity contribution in [2.75, 3.05) is 26.7 Å². The lowest BCUT2D eigenvalue weighted by Crippen LogP contribution is -2.53. The summed E-state index contributed by atoms with van der Waals surface area (Å²) in [5.74, 6) is -0.132. The Morgan fingerprint density at radius 1 is 1.21 bits per heavy atom. The Bertz CT molecular complexity index is 562. The summed E-state index contributed by atoms with van der Waals surface area (Å²) in [5.41, 5.74) is 1.08. The first-order chi connectivity index (χ1) is 11.5. The monoisotopic (exact) mass is 335 g/mol. The minimum absolute atomic E-state index is 0.0278. The maximum Gasteiger partial charge on any atom is 0.222 e. The van der Waals surface area contributed by atoms with Gasteiger partial charge in [0.05, 0.1) is 0 Å². The molecule has 0 spiro atoms. The highest BCUT2D eigenvalue weighted by Gasteiger charge is 2.27. The van der Waals surface area contributed by atoms with Gasteiger partial charge in [0.15, 0.2) is 0 Å². The van der Waals surface area contributed by atoms with Crippen molar-refractivity contribution in [3.63, 3.8) is 0 Å². The molecular weight excluding hydrogens is 309 g/mol. The molecule has 1 aromatic carbocycles. The molecule has 1 aliphatic rings. The molecule has 1 fully saturated rings. The third kappa shape index (κ3) is 5.30. The van der Waals surface area contributed by atoms with Crippen molar-refractivity contribution in [2.45, 2.75) is 38.8 Å². The van der Waals surface area contributed by atoms with Gasteiger partial charge in [0.25, 0.3) is 0 Å². The van der Waals surface area contributed by atoms with Crippen LogP contribution >= 0.6 is 0 Å². The van der Waals surface area contributed by atoms with Gasteiger partial charge in [-0.3, -0.25) is 14.5 Å². The quantitative estimate of drug-likeness (QED) is 0.862. The summed E-state index contributed by atoms with van der Waals surface area (Å²) >= 11 is 0. The first kappa shape index (κ1) is 18.4. The van der Waals surface area contributed by atoms with Crippen molar-refractivity contribution in [2.24, 2.45) is 0 Å². The fraction of sp³-hybridized carbons (Fsp3) is 0.556. The van der Waals surface area contributed by atoms with E-state index in [0.717, 1.165) is 25.2 Å². The summed E-state index contributed by atoms with van der Waals surface area (Å²) in [6.07, 6.45) is 1.39. The molecule has 0 aromatic heterocycles. The molecule has 24 heavy (non-hydrogen) atoms. The van der Waals surface area contributed by atoms with Crippen molar-refractivity contribution in [3.8, 4) is 0 Å². The zero-order chi connectivity index (χ0) is 17.5. The van der Waals surface area contributed by atoms with Crippen molar-refractivity contribution < 1.29 is 14.0 Å². The molecule has 0 radical (unpaired) electrons. The molecule has 1 aromatic rings. The van der Waals surface area contributed by atoms with Crippen LogP contribution < -0.4 is 5.32 Å². The Morgan fingerprint density at radius 3 is 2.54 bits per heavy atom. The summed E-state index contributed by atoms with van der Waals surface area (Å²) in [4.78, 5) is 27.7. The molecule has 132 valence electrons. The number of nitrogens with zero attached hydrogens (tertiary/aromatic N) is 2. The van der Waals surface area contributed by atoms with Crippen LogP contribution in [-0.2, 0) is 16.1 Å². The van der Waals surface area contributed by atoms with Crippen LogP contribution in [0, 0.1) is 5.82 Å². The van der Waals surface area contributed by atoms with Crippen LogP contribution in [0.2, 0.25) is 0 Å². The summed E-state index contributed by atoms with van der Waals surface area (Å²) in [7, 11) is 1.60. The Kier molecular flexibility index (Phi) is 6.73. The smallest absolute Gasteiger partial charge is 0.222 e. The molecule has 1 heterocycles.